The maximum absolute atomic E-state index is 8.15. The summed E-state index contributed by atoms with van der Waals surface area (Å²) in [5, 5.41) is 8.61. The van der Waals surface area contributed by atoms with Gasteiger partial charge in [0.1, 0.15) is 5.69 Å². The second kappa shape index (κ2) is 3.61. The third kappa shape index (κ3) is 1.88. The van der Waals surface area contributed by atoms with Crippen molar-refractivity contribution in [1.82, 2.24) is 4.98 Å². The molecule has 1 heterocycles. The van der Waals surface area contributed by atoms with Crippen LogP contribution in [0.1, 0.15) is 5.69 Å². The van der Waals surface area contributed by atoms with Crippen LogP contribution in [-0.4, -0.2) is 4.98 Å². The lowest BCUT2D eigenvalue weighted by Crippen LogP contribution is -1.92. The van der Waals surface area contributed by atoms with Crippen LogP contribution in [0, 0.1) is 23.2 Å². The molecule has 0 saturated heterocycles. The average Bonchev–Trinajstić information content (AvgIpc) is 2.03. The fourth-order valence-corrected chi connectivity index (χ4v) is 0.813. The van der Waals surface area contributed by atoms with Crippen LogP contribution in [0.2, 0.25) is 5.02 Å². The molecule has 0 aliphatic carbocycles. The van der Waals surface area contributed by atoms with Crippen molar-refractivity contribution in [2.75, 3.05) is 5.73 Å². The van der Waals surface area contributed by atoms with Crippen LogP contribution < -0.4 is 5.73 Å². The fraction of sp³-hybridized carbons (Fsp3) is 0. The number of nitriles is 1. The Morgan fingerprint density at radius 2 is 2.33 bits per heavy atom. The Morgan fingerprint density at radius 1 is 1.58 bits per heavy atom. The van der Waals surface area contributed by atoms with Gasteiger partial charge in [-0.2, -0.15) is 5.26 Å². The third-order valence-corrected chi connectivity index (χ3v) is 1.33. The van der Waals surface area contributed by atoms with Crippen molar-refractivity contribution in [3.05, 3.63) is 23.0 Å². The van der Waals surface area contributed by atoms with Crippen molar-refractivity contribution < 1.29 is 0 Å². The first-order valence-corrected chi connectivity index (χ1v) is 3.43. The summed E-state index contributed by atoms with van der Waals surface area (Å²) in [6, 6.07) is 3.21. The van der Waals surface area contributed by atoms with Gasteiger partial charge < -0.3 is 5.73 Å². The van der Waals surface area contributed by atoms with Crippen LogP contribution in [-0.2, 0) is 0 Å². The Morgan fingerprint density at radius 3 is 2.92 bits per heavy atom. The van der Waals surface area contributed by atoms with E-state index in [-0.39, 0.29) is 0 Å². The molecule has 2 N–H and O–H groups in total. The summed E-state index contributed by atoms with van der Waals surface area (Å²) in [6.07, 6.45) is 1.43. The molecule has 12 heavy (non-hydrogen) atoms. The number of rotatable bonds is 0. The zero-order valence-corrected chi connectivity index (χ0v) is 6.76. The monoisotopic (exact) mass is 177 g/mol. The van der Waals surface area contributed by atoms with Crippen molar-refractivity contribution in [2.24, 2.45) is 0 Å². The third-order valence-electron chi connectivity index (χ3n) is 1.12. The molecule has 0 bridgehead atoms. The molecule has 0 aromatic carbocycles. The Kier molecular flexibility index (Phi) is 2.53. The van der Waals surface area contributed by atoms with Crippen molar-refractivity contribution in [3.8, 4) is 17.9 Å². The number of anilines is 1. The highest BCUT2D eigenvalue weighted by Crippen LogP contribution is 2.13. The lowest BCUT2D eigenvalue weighted by Gasteiger charge is -1.95. The van der Waals surface area contributed by atoms with Crippen LogP contribution in [0.5, 0.6) is 0 Å². The van der Waals surface area contributed by atoms with E-state index < -0.39 is 0 Å². The standard InChI is InChI=1S/C8H4ClN3/c9-6-4-7(11)8(12-5-6)2-1-3-10/h4-5H,11H2. The number of hydrogen-bond donors (Lipinski definition) is 1. The van der Waals surface area contributed by atoms with Gasteiger partial charge in [-0.05, 0) is 12.0 Å². The Labute approximate surface area is 74.8 Å². The summed E-state index contributed by atoms with van der Waals surface area (Å²) < 4.78 is 0. The van der Waals surface area contributed by atoms with Gasteiger partial charge >= 0.3 is 0 Å². The summed E-state index contributed by atoms with van der Waals surface area (Å²) in [5.41, 5.74) is 6.26. The zero-order chi connectivity index (χ0) is 8.97. The molecule has 0 radical (unpaired) electrons. The minimum atomic E-state index is 0.376. The first-order chi connectivity index (χ1) is 5.74. The minimum absolute atomic E-state index is 0.376. The summed E-state index contributed by atoms with van der Waals surface area (Å²) in [5.74, 6) is 4.68. The Hall–Kier alpha value is -1.71. The van der Waals surface area contributed by atoms with E-state index in [0.29, 0.717) is 16.4 Å². The van der Waals surface area contributed by atoms with Crippen molar-refractivity contribution in [2.45, 2.75) is 0 Å². The average molecular weight is 178 g/mol. The number of aromatic nitrogens is 1. The number of hydrogen-bond acceptors (Lipinski definition) is 3. The molecule has 58 valence electrons. The van der Waals surface area contributed by atoms with Gasteiger partial charge in [-0.25, -0.2) is 4.98 Å². The van der Waals surface area contributed by atoms with Gasteiger partial charge in [0, 0.05) is 12.1 Å². The van der Waals surface area contributed by atoms with E-state index >= 15 is 0 Å². The van der Waals surface area contributed by atoms with E-state index in [4.69, 9.17) is 22.6 Å². The van der Waals surface area contributed by atoms with Gasteiger partial charge in [-0.3, -0.25) is 0 Å². The van der Waals surface area contributed by atoms with Gasteiger partial charge in [-0.15, -0.1) is 0 Å². The summed E-state index contributed by atoms with van der Waals surface area (Å²) in [7, 11) is 0. The first kappa shape index (κ1) is 8.39. The van der Waals surface area contributed by atoms with E-state index in [9.17, 15) is 0 Å². The number of nitrogens with zero attached hydrogens (tertiary/aromatic N) is 2. The summed E-state index contributed by atoms with van der Waals surface area (Å²) in [6.45, 7) is 0. The molecule has 1 aromatic rings. The molecule has 0 aliphatic rings. The smallest absolute Gasteiger partial charge is 0.152 e. The summed E-state index contributed by atoms with van der Waals surface area (Å²) in [4.78, 5) is 3.83. The molecule has 1 rings (SSSR count). The van der Waals surface area contributed by atoms with Gasteiger partial charge in [0.05, 0.1) is 10.7 Å². The topological polar surface area (TPSA) is 62.7 Å². The van der Waals surface area contributed by atoms with Crippen LogP contribution in [0.15, 0.2) is 12.3 Å². The van der Waals surface area contributed by atoms with Gasteiger partial charge in [0.15, 0.2) is 6.07 Å². The molecule has 0 aliphatic heterocycles. The molecule has 0 atom stereocenters. The molecule has 0 unspecified atom stereocenters. The van der Waals surface area contributed by atoms with E-state index in [0.717, 1.165) is 0 Å². The molecule has 1 aromatic heterocycles. The number of nitrogen functional groups attached to an aromatic ring is 1. The number of nitrogens with two attached hydrogens (primary N) is 1. The largest absolute Gasteiger partial charge is 0.396 e. The molecule has 0 saturated carbocycles. The zero-order valence-electron chi connectivity index (χ0n) is 6.00. The first-order valence-electron chi connectivity index (χ1n) is 3.05. The van der Waals surface area contributed by atoms with Crippen LogP contribution in [0.4, 0.5) is 5.69 Å². The van der Waals surface area contributed by atoms with Crippen molar-refractivity contribution in [1.29, 1.82) is 5.26 Å². The van der Waals surface area contributed by atoms with E-state index in [1.807, 2.05) is 0 Å². The molecule has 0 amide bonds. The summed E-state index contributed by atoms with van der Waals surface area (Å²) >= 11 is 5.60. The van der Waals surface area contributed by atoms with E-state index in [1.165, 1.54) is 12.3 Å². The minimum Gasteiger partial charge on any atom is -0.396 e. The lowest BCUT2D eigenvalue weighted by atomic mass is 10.3. The number of pyridine rings is 1. The highest BCUT2D eigenvalue weighted by Gasteiger charge is 1.96. The Bertz CT molecular complexity index is 395. The van der Waals surface area contributed by atoms with Crippen molar-refractivity contribution >= 4 is 17.3 Å². The van der Waals surface area contributed by atoms with Crippen LogP contribution in [0.25, 0.3) is 0 Å². The van der Waals surface area contributed by atoms with Gasteiger partial charge in [0.2, 0.25) is 0 Å². The van der Waals surface area contributed by atoms with E-state index in [2.05, 4.69) is 16.8 Å². The highest BCUT2D eigenvalue weighted by atomic mass is 35.5. The maximum Gasteiger partial charge on any atom is 0.152 e. The molecular weight excluding hydrogens is 174 g/mol. The normalized spacial score (nSPS) is 8.00. The maximum atomic E-state index is 8.15. The van der Waals surface area contributed by atoms with Crippen LogP contribution >= 0.6 is 11.6 Å². The predicted octanol–water partition coefficient (Wildman–Crippen LogP) is 1.19. The molecule has 0 fully saturated rings. The molecule has 4 heteroatoms. The SMILES string of the molecule is N#CC#Cc1ncc(Cl)cc1N. The Balaban J connectivity index is 3.12. The van der Waals surface area contributed by atoms with Gasteiger partial charge in [0.25, 0.3) is 0 Å². The molecule has 3 nitrogen and oxygen atoms in total. The van der Waals surface area contributed by atoms with Gasteiger partial charge in [-0.1, -0.05) is 11.6 Å². The van der Waals surface area contributed by atoms with E-state index in [1.54, 1.807) is 6.07 Å². The lowest BCUT2D eigenvalue weighted by molar-refractivity contribution is 1.29. The molecule has 0 spiro atoms. The van der Waals surface area contributed by atoms with Crippen LogP contribution in [0.3, 0.4) is 0 Å². The highest BCUT2D eigenvalue weighted by molar-refractivity contribution is 6.30. The second-order valence-corrected chi connectivity index (χ2v) is 2.39. The van der Waals surface area contributed by atoms with Crippen molar-refractivity contribution in [3.63, 3.8) is 0 Å². The quantitative estimate of drug-likeness (QED) is 0.606. The fourth-order valence-electron chi connectivity index (χ4n) is 0.647. The predicted molar refractivity (Wildman–Crippen MR) is 46.2 cm³/mol. The second-order valence-electron chi connectivity index (χ2n) is 1.95. The molecular formula is C8H4ClN3. The number of halogens is 1.